The lowest BCUT2D eigenvalue weighted by Crippen LogP contribution is -2.49. The molecule has 3 aromatic rings. The summed E-state index contributed by atoms with van der Waals surface area (Å²) >= 11 is 5.98. The maximum Gasteiger partial charge on any atom is 0.459 e. The predicted octanol–water partition coefficient (Wildman–Crippen LogP) is 2.64. The second-order valence-corrected chi connectivity index (χ2v) is 15.8. The third-order valence-electron chi connectivity index (χ3n) is 7.57. The summed E-state index contributed by atoms with van der Waals surface area (Å²) in [6.07, 6.45) is 1.87. The number of nitrogens with one attached hydrogen (secondary N) is 3. The molecule has 0 radical (unpaired) electrons. The molecule has 1 aromatic carbocycles. The average molecular weight is 703 g/mol. The lowest BCUT2D eigenvalue weighted by molar-refractivity contribution is -0.159. The molecule has 5 atom stereocenters. The van der Waals surface area contributed by atoms with Gasteiger partial charge >= 0.3 is 13.7 Å². The SMILES string of the molecule is CC(C)(NP(=O)(OCC1OC(n2ccc3c(NNS(C)(=O)=O)ncnc32)[C@](C)(O)[C@@H]1O)Oc1ccc(Cl)cc1)C(=O)OC1CCC1. The first-order valence-electron chi connectivity index (χ1n) is 14.3. The molecule has 1 aliphatic heterocycles. The molecule has 19 heteroatoms. The van der Waals surface area contributed by atoms with Crippen LogP contribution in [0.5, 0.6) is 5.75 Å². The fourth-order valence-electron chi connectivity index (χ4n) is 4.84. The molecule has 2 aliphatic rings. The average Bonchev–Trinajstić information content (AvgIpc) is 3.47. The Morgan fingerprint density at radius 1 is 1.24 bits per heavy atom. The van der Waals surface area contributed by atoms with Crippen molar-refractivity contribution in [2.45, 2.75) is 75.7 Å². The van der Waals surface area contributed by atoms with E-state index < -0.39 is 59.9 Å². The van der Waals surface area contributed by atoms with Gasteiger partial charge in [0, 0.05) is 11.2 Å². The molecule has 1 aliphatic carbocycles. The van der Waals surface area contributed by atoms with Crippen molar-refractivity contribution in [3.05, 3.63) is 47.9 Å². The number of halogens is 1. The number of esters is 1. The van der Waals surface area contributed by atoms with Crippen LogP contribution < -0.4 is 19.9 Å². The largest absolute Gasteiger partial charge is 0.461 e. The fraction of sp³-hybridized carbons (Fsp3) is 0.519. The van der Waals surface area contributed by atoms with Crippen LogP contribution in [0.1, 0.15) is 46.3 Å². The highest BCUT2D eigenvalue weighted by Crippen LogP contribution is 2.48. The van der Waals surface area contributed by atoms with E-state index >= 15 is 0 Å². The molecule has 2 aromatic heterocycles. The van der Waals surface area contributed by atoms with Gasteiger partial charge in [0.15, 0.2) is 12.0 Å². The Balaban J connectivity index is 1.36. The lowest BCUT2D eigenvalue weighted by Gasteiger charge is -2.33. The molecule has 5 rings (SSSR count). The number of nitrogens with zero attached hydrogens (tertiary/aromatic N) is 3. The molecule has 252 valence electrons. The summed E-state index contributed by atoms with van der Waals surface area (Å²) in [5.41, 5.74) is -0.672. The standard InChI is InChI=1S/C27H36ClN6O10PS/c1-26(2,25(36)42-17-6-5-7-17)32-45(38,44-18-10-8-16(28)9-11-18)41-14-20-21(35)27(3,37)24(43-20)34-13-12-19-22(29-15-30-23(19)34)31-33-46(4,39)40/h8-13,15,17,20-21,24,33,35,37H,5-7,14H2,1-4H3,(H,32,38)(H,29,30,31)/t20?,21-,24?,27-,45?/m1/s1. The molecular weight excluding hydrogens is 667 g/mol. The number of carbonyl (C=O) groups is 1. The van der Waals surface area contributed by atoms with E-state index in [2.05, 4.69) is 25.3 Å². The van der Waals surface area contributed by atoms with Crippen LogP contribution in [-0.2, 0) is 33.4 Å². The van der Waals surface area contributed by atoms with E-state index in [0.29, 0.717) is 10.4 Å². The quantitative estimate of drug-likeness (QED) is 0.0985. The van der Waals surface area contributed by atoms with E-state index in [1.54, 1.807) is 6.07 Å². The normalized spacial score (nSPS) is 25.2. The minimum absolute atomic E-state index is 0.120. The van der Waals surface area contributed by atoms with Crippen LogP contribution in [0.4, 0.5) is 5.82 Å². The number of hydrogen-bond donors (Lipinski definition) is 5. The fourth-order valence-corrected chi connectivity index (χ4v) is 6.93. The van der Waals surface area contributed by atoms with Gasteiger partial charge in [-0.1, -0.05) is 11.6 Å². The van der Waals surface area contributed by atoms with Crippen LogP contribution in [0.25, 0.3) is 11.0 Å². The smallest absolute Gasteiger partial charge is 0.459 e. The van der Waals surface area contributed by atoms with Crippen molar-refractivity contribution < 1.29 is 46.5 Å². The van der Waals surface area contributed by atoms with Gasteiger partial charge in [0.2, 0.25) is 10.0 Å². The van der Waals surface area contributed by atoms with E-state index in [-0.39, 0.29) is 23.3 Å². The zero-order chi connectivity index (χ0) is 33.5. The highest BCUT2D eigenvalue weighted by Gasteiger charge is 2.54. The van der Waals surface area contributed by atoms with Crippen LogP contribution in [0.2, 0.25) is 5.02 Å². The number of sulfonamides is 1. The Morgan fingerprint density at radius 2 is 1.93 bits per heavy atom. The van der Waals surface area contributed by atoms with Crippen molar-refractivity contribution in [1.82, 2.24) is 24.5 Å². The number of aliphatic hydroxyl groups is 2. The van der Waals surface area contributed by atoms with Crippen molar-refractivity contribution in [2.24, 2.45) is 0 Å². The Hall–Kier alpha value is -2.86. The lowest BCUT2D eigenvalue weighted by atomic mass is 9.96. The van der Waals surface area contributed by atoms with E-state index in [0.717, 1.165) is 25.5 Å². The first-order valence-corrected chi connectivity index (χ1v) is 18.1. The van der Waals surface area contributed by atoms with E-state index in [1.165, 1.54) is 62.1 Å². The molecule has 46 heavy (non-hydrogen) atoms. The molecule has 0 spiro atoms. The number of fused-ring (bicyclic) bond motifs is 1. The van der Waals surface area contributed by atoms with Gasteiger partial charge in [-0.3, -0.25) is 14.7 Å². The predicted molar refractivity (Wildman–Crippen MR) is 166 cm³/mol. The van der Waals surface area contributed by atoms with Gasteiger partial charge in [0.1, 0.15) is 47.2 Å². The van der Waals surface area contributed by atoms with Crippen LogP contribution in [0.3, 0.4) is 0 Å². The maximum absolute atomic E-state index is 14.2. The number of hydrogen-bond acceptors (Lipinski definition) is 13. The molecule has 16 nitrogen and oxygen atoms in total. The van der Waals surface area contributed by atoms with Gasteiger partial charge in [0.25, 0.3) is 0 Å². The second kappa shape index (κ2) is 13.0. The third-order valence-corrected chi connectivity index (χ3v) is 10.1. The Morgan fingerprint density at radius 3 is 2.57 bits per heavy atom. The Labute approximate surface area is 270 Å². The Bertz CT molecular complexity index is 1730. The highest BCUT2D eigenvalue weighted by atomic mass is 35.5. The van der Waals surface area contributed by atoms with Gasteiger partial charge in [-0.25, -0.2) is 23.0 Å². The molecule has 0 bridgehead atoms. The first-order chi connectivity index (χ1) is 21.5. The number of carbonyl (C=O) groups excluding carboxylic acids is 1. The molecule has 1 saturated carbocycles. The number of aliphatic hydroxyl groups excluding tert-OH is 1. The molecule has 0 amide bonds. The molecule has 3 heterocycles. The number of anilines is 1. The number of ether oxygens (including phenoxy) is 2. The molecule has 1 saturated heterocycles. The molecule has 2 fully saturated rings. The third kappa shape index (κ3) is 7.64. The van der Waals surface area contributed by atoms with Gasteiger partial charge in [-0.15, -0.1) is 4.83 Å². The summed E-state index contributed by atoms with van der Waals surface area (Å²) in [5, 5.41) is 26.0. The van der Waals surface area contributed by atoms with Crippen molar-refractivity contribution >= 4 is 52.2 Å². The van der Waals surface area contributed by atoms with E-state index in [4.69, 9.17) is 30.1 Å². The summed E-state index contributed by atoms with van der Waals surface area (Å²) in [7, 11) is -8.00. The monoisotopic (exact) mass is 702 g/mol. The van der Waals surface area contributed by atoms with Crippen molar-refractivity contribution in [3.8, 4) is 5.75 Å². The first kappa shape index (κ1) is 34.5. The summed E-state index contributed by atoms with van der Waals surface area (Å²) in [5.74, 6) is -0.394. The minimum atomic E-state index is -4.39. The molecule has 3 unspecified atom stereocenters. The van der Waals surface area contributed by atoms with Crippen molar-refractivity contribution in [3.63, 3.8) is 0 Å². The summed E-state index contributed by atoms with van der Waals surface area (Å²) in [6.45, 7) is 3.76. The zero-order valence-electron chi connectivity index (χ0n) is 25.4. The van der Waals surface area contributed by atoms with Crippen LogP contribution in [0.15, 0.2) is 42.9 Å². The highest BCUT2D eigenvalue weighted by molar-refractivity contribution is 7.88. The minimum Gasteiger partial charge on any atom is -0.461 e. The number of benzene rings is 1. The summed E-state index contributed by atoms with van der Waals surface area (Å²) in [4.78, 5) is 23.4. The number of hydrazine groups is 1. The molecule has 5 N–H and O–H groups in total. The van der Waals surface area contributed by atoms with Crippen LogP contribution in [-0.4, -0.2) is 81.4 Å². The number of rotatable bonds is 13. The van der Waals surface area contributed by atoms with Gasteiger partial charge in [0.05, 0.1) is 18.2 Å². The number of aromatic nitrogens is 3. The van der Waals surface area contributed by atoms with Gasteiger partial charge in [-0.05, 0) is 70.4 Å². The van der Waals surface area contributed by atoms with E-state index in [9.17, 15) is 28.0 Å². The second-order valence-electron chi connectivity index (χ2n) is 11.9. The maximum atomic E-state index is 14.2. The summed E-state index contributed by atoms with van der Waals surface area (Å²) < 4.78 is 61.7. The molecular formula is C27H36ClN6O10PS. The summed E-state index contributed by atoms with van der Waals surface area (Å²) in [6, 6.07) is 7.54. The topological polar surface area (TPSA) is 212 Å². The van der Waals surface area contributed by atoms with Crippen molar-refractivity contribution in [2.75, 3.05) is 18.3 Å². The van der Waals surface area contributed by atoms with Gasteiger partial charge in [-0.2, -0.15) is 5.09 Å². The zero-order valence-corrected chi connectivity index (χ0v) is 27.9. The van der Waals surface area contributed by atoms with Crippen LogP contribution in [0, 0.1) is 0 Å². The van der Waals surface area contributed by atoms with Crippen LogP contribution >= 0.6 is 19.3 Å². The van der Waals surface area contributed by atoms with Gasteiger partial charge < -0.3 is 28.8 Å². The van der Waals surface area contributed by atoms with Crippen molar-refractivity contribution in [1.29, 1.82) is 0 Å². The Kier molecular flexibility index (Phi) is 9.72. The van der Waals surface area contributed by atoms with E-state index in [1.807, 2.05) is 0 Å².